The maximum Gasteiger partial charge on any atom is 0.243 e. The Kier molecular flexibility index (Phi) is 8.92. The summed E-state index contributed by atoms with van der Waals surface area (Å²) in [7, 11) is 0. The molecule has 4 nitrogen and oxygen atoms in total. The maximum absolute atomic E-state index is 14.4. The number of nitrogens with one attached hydrogen (secondary N) is 1. The van der Waals surface area contributed by atoms with Gasteiger partial charge in [-0.1, -0.05) is 77.8 Å². The molecule has 0 aliphatic rings. The molecule has 2 amide bonds. The second-order valence-corrected chi connectivity index (χ2v) is 10.3. The monoisotopic (exact) mass is 514 g/mol. The predicted octanol–water partition coefficient (Wildman–Crippen LogP) is 6.23. The van der Waals surface area contributed by atoms with E-state index in [0.717, 1.165) is 5.56 Å². The zero-order valence-electron chi connectivity index (χ0n) is 20.0. The van der Waals surface area contributed by atoms with E-state index >= 15 is 0 Å². The Balaban J connectivity index is 2.02. The molecule has 1 atom stereocenters. The van der Waals surface area contributed by atoms with Gasteiger partial charge in [0.05, 0.1) is 16.5 Å². The summed E-state index contributed by atoms with van der Waals surface area (Å²) in [5.74, 6) is -1.12. The van der Waals surface area contributed by atoms with Gasteiger partial charge in [-0.2, -0.15) is 0 Å². The Morgan fingerprint density at radius 1 is 0.914 bits per heavy atom. The lowest BCUT2D eigenvalue weighted by Gasteiger charge is -2.34. The topological polar surface area (TPSA) is 49.4 Å². The van der Waals surface area contributed by atoms with Crippen LogP contribution in [0.1, 0.15) is 37.5 Å². The highest BCUT2D eigenvalue weighted by Crippen LogP contribution is 2.25. The molecule has 35 heavy (non-hydrogen) atoms. The van der Waals surface area contributed by atoms with Gasteiger partial charge in [-0.05, 0) is 55.7 Å². The smallest absolute Gasteiger partial charge is 0.243 e. The van der Waals surface area contributed by atoms with Crippen LogP contribution in [0, 0.1) is 5.82 Å². The molecule has 0 fully saturated rings. The van der Waals surface area contributed by atoms with Crippen molar-refractivity contribution in [3.05, 3.63) is 105 Å². The minimum atomic E-state index is -0.828. The van der Waals surface area contributed by atoms with Crippen molar-refractivity contribution in [2.75, 3.05) is 0 Å². The zero-order chi connectivity index (χ0) is 25.6. The second kappa shape index (κ2) is 11.7. The number of nitrogens with zero attached hydrogens (tertiary/aromatic N) is 1. The van der Waals surface area contributed by atoms with Crippen molar-refractivity contribution < 1.29 is 14.0 Å². The summed E-state index contributed by atoms with van der Waals surface area (Å²) < 4.78 is 14.4. The van der Waals surface area contributed by atoms with Crippen molar-refractivity contribution >= 4 is 35.0 Å². The van der Waals surface area contributed by atoms with Gasteiger partial charge < -0.3 is 10.2 Å². The van der Waals surface area contributed by atoms with Crippen LogP contribution in [0.2, 0.25) is 10.0 Å². The molecule has 0 aliphatic carbocycles. The quantitative estimate of drug-likeness (QED) is 0.387. The molecule has 0 aromatic heterocycles. The van der Waals surface area contributed by atoms with Crippen LogP contribution >= 0.6 is 23.2 Å². The van der Waals surface area contributed by atoms with E-state index in [2.05, 4.69) is 5.32 Å². The van der Waals surface area contributed by atoms with Crippen molar-refractivity contribution in [3.63, 3.8) is 0 Å². The first-order chi connectivity index (χ1) is 16.5. The standard InChI is InChI=1S/C28H29Cl2FN2O2/c1-28(2,3)32-27(35)25(16-19-9-5-4-6-10-19)33(18-20-13-14-22(29)23(30)15-20)26(34)17-21-11-7-8-12-24(21)31/h4-15,25H,16-18H2,1-3H3,(H,32,35)/t25-/m1/s1. The average molecular weight is 515 g/mol. The molecule has 3 aromatic rings. The molecule has 0 unspecified atom stereocenters. The number of amides is 2. The first-order valence-corrected chi connectivity index (χ1v) is 12.1. The van der Waals surface area contributed by atoms with Gasteiger partial charge in [0.15, 0.2) is 0 Å². The van der Waals surface area contributed by atoms with E-state index in [1.807, 2.05) is 51.1 Å². The molecule has 0 saturated carbocycles. The summed E-state index contributed by atoms with van der Waals surface area (Å²) in [6.07, 6.45) is 0.120. The zero-order valence-corrected chi connectivity index (χ0v) is 21.5. The summed E-state index contributed by atoms with van der Waals surface area (Å²) in [5.41, 5.74) is 1.38. The van der Waals surface area contributed by atoms with Crippen LogP contribution in [-0.4, -0.2) is 28.3 Å². The molecule has 1 N–H and O–H groups in total. The van der Waals surface area contributed by atoms with Gasteiger partial charge in [0.2, 0.25) is 11.8 Å². The Morgan fingerprint density at radius 3 is 2.20 bits per heavy atom. The van der Waals surface area contributed by atoms with Crippen LogP contribution in [-0.2, 0) is 29.0 Å². The van der Waals surface area contributed by atoms with E-state index in [9.17, 15) is 14.0 Å². The number of halogens is 3. The molecular weight excluding hydrogens is 486 g/mol. The van der Waals surface area contributed by atoms with E-state index in [-0.39, 0.29) is 30.3 Å². The normalized spacial score (nSPS) is 12.2. The minimum Gasteiger partial charge on any atom is -0.350 e. The number of hydrogen-bond acceptors (Lipinski definition) is 2. The molecule has 0 aliphatic heterocycles. The number of benzene rings is 3. The highest BCUT2D eigenvalue weighted by atomic mass is 35.5. The van der Waals surface area contributed by atoms with E-state index in [4.69, 9.17) is 23.2 Å². The third-order valence-corrected chi connectivity index (χ3v) is 6.14. The van der Waals surface area contributed by atoms with E-state index < -0.39 is 17.4 Å². The first kappa shape index (κ1) is 26.7. The van der Waals surface area contributed by atoms with Gasteiger partial charge in [-0.15, -0.1) is 0 Å². The van der Waals surface area contributed by atoms with Crippen molar-refractivity contribution in [1.82, 2.24) is 10.2 Å². The van der Waals surface area contributed by atoms with Crippen LogP contribution < -0.4 is 5.32 Å². The van der Waals surface area contributed by atoms with Crippen LogP contribution in [0.15, 0.2) is 72.8 Å². The SMILES string of the molecule is CC(C)(C)NC(=O)[C@@H](Cc1ccccc1)N(Cc1ccc(Cl)c(Cl)c1)C(=O)Cc1ccccc1F. The first-order valence-electron chi connectivity index (χ1n) is 11.4. The van der Waals surface area contributed by atoms with Crippen LogP contribution in [0.25, 0.3) is 0 Å². The molecule has 3 aromatic carbocycles. The third-order valence-electron chi connectivity index (χ3n) is 5.41. The summed E-state index contributed by atoms with van der Waals surface area (Å²) in [4.78, 5) is 28.7. The predicted molar refractivity (Wildman–Crippen MR) is 139 cm³/mol. The molecular formula is C28H29Cl2FN2O2. The van der Waals surface area contributed by atoms with Gasteiger partial charge in [0, 0.05) is 18.5 Å². The van der Waals surface area contributed by atoms with Crippen molar-refractivity contribution in [3.8, 4) is 0 Å². The number of rotatable bonds is 8. The third kappa shape index (κ3) is 7.81. The van der Waals surface area contributed by atoms with Gasteiger partial charge in [-0.25, -0.2) is 4.39 Å². The lowest BCUT2D eigenvalue weighted by atomic mass is 9.99. The van der Waals surface area contributed by atoms with Crippen LogP contribution in [0.4, 0.5) is 4.39 Å². The number of carbonyl (C=O) groups is 2. The Morgan fingerprint density at radius 2 is 1.57 bits per heavy atom. The summed E-state index contributed by atoms with van der Waals surface area (Å²) in [5, 5.41) is 3.75. The maximum atomic E-state index is 14.4. The van der Waals surface area contributed by atoms with E-state index in [0.29, 0.717) is 22.0 Å². The summed E-state index contributed by atoms with van der Waals surface area (Å²) in [6, 6.07) is 19.9. The molecule has 0 spiro atoms. The van der Waals surface area contributed by atoms with Crippen LogP contribution in [0.3, 0.4) is 0 Å². The molecule has 0 heterocycles. The second-order valence-electron chi connectivity index (χ2n) is 9.48. The van der Waals surface area contributed by atoms with Crippen molar-refractivity contribution in [1.29, 1.82) is 0 Å². The average Bonchev–Trinajstić information content (AvgIpc) is 2.79. The lowest BCUT2D eigenvalue weighted by Crippen LogP contribution is -2.54. The van der Waals surface area contributed by atoms with Gasteiger partial charge in [0.1, 0.15) is 11.9 Å². The summed E-state index contributed by atoms with van der Waals surface area (Å²) in [6.45, 7) is 5.76. The van der Waals surface area contributed by atoms with Gasteiger partial charge in [-0.3, -0.25) is 9.59 Å². The fourth-order valence-corrected chi connectivity index (χ4v) is 4.07. The number of hydrogen-bond donors (Lipinski definition) is 1. The van der Waals surface area contributed by atoms with Crippen molar-refractivity contribution in [2.45, 2.75) is 51.7 Å². The van der Waals surface area contributed by atoms with Crippen LogP contribution in [0.5, 0.6) is 0 Å². The van der Waals surface area contributed by atoms with Crippen molar-refractivity contribution in [2.24, 2.45) is 0 Å². The molecule has 0 saturated heterocycles. The molecule has 3 rings (SSSR count). The molecule has 0 radical (unpaired) electrons. The highest BCUT2D eigenvalue weighted by molar-refractivity contribution is 6.42. The minimum absolute atomic E-state index is 0.110. The fraction of sp³-hybridized carbons (Fsp3) is 0.286. The highest BCUT2D eigenvalue weighted by Gasteiger charge is 2.32. The molecule has 184 valence electrons. The van der Waals surface area contributed by atoms with Gasteiger partial charge in [0.25, 0.3) is 0 Å². The summed E-state index contributed by atoms with van der Waals surface area (Å²) >= 11 is 12.3. The Labute approximate surface area is 216 Å². The Bertz CT molecular complexity index is 1180. The van der Waals surface area contributed by atoms with Gasteiger partial charge >= 0.3 is 0 Å². The molecule has 7 heteroatoms. The number of carbonyl (C=O) groups excluding carboxylic acids is 2. The largest absolute Gasteiger partial charge is 0.350 e. The Hall–Kier alpha value is -2.89. The van der Waals surface area contributed by atoms with E-state index in [1.165, 1.54) is 11.0 Å². The lowest BCUT2D eigenvalue weighted by molar-refractivity contribution is -0.141. The van der Waals surface area contributed by atoms with E-state index in [1.54, 1.807) is 36.4 Å². The molecule has 0 bridgehead atoms. The fourth-order valence-electron chi connectivity index (χ4n) is 3.75.